The topological polar surface area (TPSA) is 92.0 Å². The van der Waals surface area contributed by atoms with Gasteiger partial charge in [-0.25, -0.2) is 9.82 Å². The van der Waals surface area contributed by atoms with Crippen LogP contribution < -0.4 is 5.43 Å². The van der Waals surface area contributed by atoms with E-state index in [1.165, 1.54) is 12.3 Å². The molecule has 166 valence electrons. The van der Waals surface area contributed by atoms with Crippen molar-refractivity contribution in [3.63, 3.8) is 0 Å². The van der Waals surface area contributed by atoms with Gasteiger partial charge in [-0.2, -0.15) is 10.4 Å². The Balaban J connectivity index is 1.44. The second-order valence-electron chi connectivity index (χ2n) is 7.65. The molecule has 0 aliphatic carbocycles. The largest absolute Gasteiger partial charge is 0.507 e. The number of rotatable bonds is 8. The Morgan fingerprint density at radius 2 is 1.91 bits per heavy atom. The molecule has 0 spiro atoms. The maximum Gasteiger partial charge on any atom is 0.254 e. The van der Waals surface area contributed by atoms with Gasteiger partial charge in [-0.05, 0) is 36.2 Å². The average Bonchev–Trinajstić information content (AvgIpc) is 2.79. The van der Waals surface area contributed by atoms with Crippen LogP contribution in [0.25, 0.3) is 0 Å². The Morgan fingerprint density at radius 1 is 1.22 bits per heavy atom. The zero-order chi connectivity index (χ0) is 22.9. The first kappa shape index (κ1) is 23.1. The van der Waals surface area contributed by atoms with Gasteiger partial charge >= 0.3 is 0 Å². The lowest BCUT2D eigenvalue weighted by molar-refractivity contribution is -0.122. The molecule has 8 heteroatoms. The summed E-state index contributed by atoms with van der Waals surface area (Å²) in [5, 5.41) is 22.9. The van der Waals surface area contributed by atoms with Crippen LogP contribution >= 0.6 is 0 Å². The molecular formula is C24H26FN5O2. The SMILES string of the molecule is C=CCc1cc(F)cc(/C=N/NC(=O)CN2CCN(Cc3ccc(C#N)cc3)CC2)c1O. The fourth-order valence-electron chi connectivity index (χ4n) is 3.55. The molecule has 3 rings (SSSR count). The van der Waals surface area contributed by atoms with E-state index in [1.54, 1.807) is 6.08 Å². The third kappa shape index (κ3) is 6.48. The number of aromatic hydroxyl groups is 1. The number of nitrogens with one attached hydrogen (secondary N) is 1. The van der Waals surface area contributed by atoms with Crippen LogP contribution in [0.1, 0.15) is 22.3 Å². The average molecular weight is 436 g/mol. The Labute approximate surface area is 187 Å². The van der Waals surface area contributed by atoms with E-state index >= 15 is 0 Å². The zero-order valence-electron chi connectivity index (χ0n) is 17.8. The number of phenols is 1. The number of halogens is 1. The number of carbonyl (C=O) groups is 1. The number of allylic oxidation sites excluding steroid dienone is 1. The van der Waals surface area contributed by atoms with Crippen molar-refractivity contribution in [2.45, 2.75) is 13.0 Å². The summed E-state index contributed by atoms with van der Waals surface area (Å²) in [6.45, 7) is 7.77. The summed E-state index contributed by atoms with van der Waals surface area (Å²) >= 11 is 0. The van der Waals surface area contributed by atoms with Crippen LogP contribution in [0.5, 0.6) is 5.75 Å². The van der Waals surface area contributed by atoms with Gasteiger partial charge in [-0.1, -0.05) is 18.2 Å². The first-order valence-electron chi connectivity index (χ1n) is 10.4. The first-order valence-corrected chi connectivity index (χ1v) is 10.4. The normalized spacial score (nSPS) is 14.9. The predicted octanol–water partition coefficient (Wildman–Crippen LogP) is 2.40. The van der Waals surface area contributed by atoms with Gasteiger partial charge < -0.3 is 5.11 Å². The van der Waals surface area contributed by atoms with Gasteiger partial charge in [0.1, 0.15) is 11.6 Å². The summed E-state index contributed by atoms with van der Waals surface area (Å²) < 4.78 is 13.7. The lowest BCUT2D eigenvalue weighted by atomic mass is 10.1. The van der Waals surface area contributed by atoms with Crippen LogP contribution in [0.4, 0.5) is 4.39 Å². The lowest BCUT2D eigenvalue weighted by Gasteiger charge is -2.34. The molecule has 2 N–H and O–H groups in total. The smallest absolute Gasteiger partial charge is 0.254 e. The number of hydrogen-bond acceptors (Lipinski definition) is 6. The minimum absolute atomic E-state index is 0.0808. The zero-order valence-corrected chi connectivity index (χ0v) is 17.8. The second-order valence-corrected chi connectivity index (χ2v) is 7.65. The van der Waals surface area contributed by atoms with Crippen LogP contribution in [0, 0.1) is 17.1 Å². The number of nitriles is 1. The van der Waals surface area contributed by atoms with E-state index in [-0.39, 0.29) is 23.8 Å². The van der Waals surface area contributed by atoms with E-state index in [0.717, 1.165) is 44.4 Å². The van der Waals surface area contributed by atoms with Gasteiger partial charge in [0.25, 0.3) is 5.91 Å². The molecular weight excluding hydrogens is 409 g/mol. The second kappa shape index (κ2) is 11.2. The summed E-state index contributed by atoms with van der Waals surface area (Å²) in [5.41, 5.74) is 4.84. The maximum absolute atomic E-state index is 13.7. The molecule has 0 aromatic heterocycles. The van der Waals surface area contributed by atoms with Gasteiger partial charge in [0.2, 0.25) is 0 Å². The van der Waals surface area contributed by atoms with Crippen LogP contribution in [0.15, 0.2) is 54.2 Å². The van der Waals surface area contributed by atoms with Crippen molar-refractivity contribution in [1.82, 2.24) is 15.2 Å². The molecule has 1 aliphatic heterocycles. The Morgan fingerprint density at radius 3 is 2.56 bits per heavy atom. The molecule has 7 nitrogen and oxygen atoms in total. The van der Waals surface area contributed by atoms with Crippen molar-refractivity contribution < 1.29 is 14.3 Å². The number of hydrogen-bond donors (Lipinski definition) is 2. The van der Waals surface area contributed by atoms with Gasteiger partial charge in [0.15, 0.2) is 0 Å². The van der Waals surface area contributed by atoms with E-state index in [0.29, 0.717) is 17.5 Å². The van der Waals surface area contributed by atoms with Gasteiger partial charge in [0.05, 0.1) is 24.4 Å². The highest BCUT2D eigenvalue weighted by molar-refractivity contribution is 5.86. The highest BCUT2D eigenvalue weighted by Gasteiger charge is 2.19. The monoisotopic (exact) mass is 435 g/mol. The number of nitrogens with zero attached hydrogens (tertiary/aromatic N) is 4. The minimum Gasteiger partial charge on any atom is -0.507 e. The van der Waals surface area contributed by atoms with Crippen molar-refractivity contribution >= 4 is 12.1 Å². The Hall–Kier alpha value is -3.54. The van der Waals surface area contributed by atoms with Crippen LogP contribution in [-0.2, 0) is 17.8 Å². The fourth-order valence-corrected chi connectivity index (χ4v) is 3.55. The number of benzene rings is 2. The van der Waals surface area contributed by atoms with E-state index in [4.69, 9.17) is 5.26 Å². The van der Waals surface area contributed by atoms with Crippen molar-refractivity contribution in [3.05, 3.63) is 77.1 Å². The van der Waals surface area contributed by atoms with E-state index in [9.17, 15) is 14.3 Å². The van der Waals surface area contributed by atoms with E-state index in [2.05, 4.69) is 28.1 Å². The Kier molecular flexibility index (Phi) is 8.08. The molecule has 1 fully saturated rings. The highest BCUT2D eigenvalue weighted by atomic mass is 19.1. The Bertz CT molecular complexity index is 1020. The van der Waals surface area contributed by atoms with Crippen molar-refractivity contribution in [2.75, 3.05) is 32.7 Å². The van der Waals surface area contributed by atoms with Gasteiger partial charge in [-0.15, -0.1) is 6.58 Å². The third-order valence-corrected chi connectivity index (χ3v) is 5.26. The van der Waals surface area contributed by atoms with Crippen LogP contribution in [0.2, 0.25) is 0 Å². The number of carbonyl (C=O) groups excluding carboxylic acids is 1. The molecule has 2 aromatic carbocycles. The summed E-state index contributed by atoms with van der Waals surface area (Å²) in [6, 6.07) is 12.1. The first-order chi connectivity index (χ1) is 15.5. The molecule has 32 heavy (non-hydrogen) atoms. The van der Waals surface area contributed by atoms with Gasteiger partial charge in [-0.3, -0.25) is 14.6 Å². The van der Waals surface area contributed by atoms with E-state index < -0.39 is 5.82 Å². The number of amides is 1. The van der Waals surface area contributed by atoms with Crippen molar-refractivity contribution in [3.8, 4) is 11.8 Å². The summed E-state index contributed by atoms with van der Waals surface area (Å²) in [6.07, 6.45) is 3.13. The number of phenolic OH excluding ortho intramolecular Hbond substituents is 1. The van der Waals surface area contributed by atoms with Crippen LogP contribution in [0.3, 0.4) is 0 Å². The molecule has 0 atom stereocenters. The standard InChI is InChI=1S/C24H26FN5O2/c1-2-3-20-12-22(25)13-21(24(20)32)15-27-28-23(31)17-30-10-8-29(9-11-30)16-19-6-4-18(14-26)5-7-19/h2,4-7,12-13,15,32H,1,3,8-11,16-17H2,(H,28,31)/b27-15+. The molecule has 1 amide bonds. The van der Waals surface area contributed by atoms with E-state index in [1.807, 2.05) is 29.2 Å². The number of hydrazone groups is 1. The summed E-state index contributed by atoms with van der Waals surface area (Å²) in [7, 11) is 0. The highest BCUT2D eigenvalue weighted by Crippen LogP contribution is 2.23. The van der Waals surface area contributed by atoms with Crippen LogP contribution in [-0.4, -0.2) is 59.8 Å². The maximum atomic E-state index is 13.7. The summed E-state index contributed by atoms with van der Waals surface area (Å²) in [5.74, 6) is -0.849. The minimum atomic E-state index is -0.494. The fraction of sp³-hybridized carbons (Fsp3) is 0.292. The quantitative estimate of drug-likeness (QED) is 0.377. The van der Waals surface area contributed by atoms with Crippen molar-refractivity contribution in [2.24, 2.45) is 5.10 Å². The van der Waals surface area contributed by atoms with Gasteiger partial charge in [0, 0.05) is 43.9 Å². The van der Waals surface area contributed by atoms with Crippen molar-refractivity contribution in [1.29, 1.82) is 5.26 Å². The molecule has 1 aliphatic rings. The lowest BCUT2D eigenvalue weighted by Crippen LogP contribution is -2.48. The summed E-state index contributed by atoms with van der Waals surface area (Å²) in [4.78, 5) is 16.6. The molecule has 1 saturated heterocycles. The molecule has 0 unspecified atom stereocenters. The molecule has 2 aromatic rings. The molecule has 1 heterocycles. The number of piperazine rings is 1. The third-order valence-electron chi connectivity index (χ3n) is 5.26. The predicted molar refractivity (Wildman–Crippen MR) is 121 cm³/mol. The molecule has 0 bridgehead atoms. The molecule has 0 saturated carbocycles. The molecule has 0 radical (unpaired) electrons.